The number of nitrogens with zero attached hydrogens (tertiary/aromatic N) is 1. The van der Waals surface area contributed by atoms with Crippen LogP contribution >= 0.6 is 0 Å². The van der Waals surface area contributed by atoms with Crippen molar-refractivity contribution < 1.29 is 22.7 Å². The Morgan fingerprint density at radius 3 is 2.57 bits per heavy atom. The lowest BCUT2D eigenvalue weighted by molar-refractivity contribution is -0.143. The molecule has 118 valence electrons. The zero-order valence-electron chi connectivity index (χ0n) is 12.8. The Morgan fingerprint density at radius 2 is 2.00 bits per heavy atom. The fraction of sp³-hybridized carbons (Fsp3) is 0.500. The number of carbonyl (C=O) groups excluding carboxylic acids is 1. The maximum absolute atomic E-state index is 12.5. The fourth-order valence-electron chi connectivity index (χ4n) is 1.76. The molecule has 0 bridgehead atoms. The summed E-state index contributed by atoms with van der Waals surface area (Å²) in [6, 6.07) is 4.94. The number of ether oxygens (including phenoxy) is 2. The van der Waals surface area contributed by atoms with Crippen molar-refractivity contribution in [3.05, 3.63) is 23.8 Å². The molecule has 0 aromatic heterocycles. The molecule has 1 rings (SSSR count). The molecular weight excluding hydrogens is 294 g/mol. The summed E-state index contributed by atoms with van der Waals surface area (Å²) in [5.41, 5.74) is 0.813. The quantitative estimate of drug-likeness (QED) is 0.714. The molecule has 0 aliphatic carbocycles. The Kier molecular flexibility index (Phi) is 6.17. The summed E-state index contributed by atoms with van der Waals surface area (Å²) in [5.74, 6) is -0.139. The van der Waals surface area contributed by atoms with E-state index in [1.54, 1.807) is 32.0 Å². The number of benzene rings is 1. The van der Waals surface area contributed by atoms with Crippen LogP contribution in [0.4, 0.5) is 0 Å². The van der Waals surface area contributed by atoms with Crippen molar-refractivity contribution in [2.75, 3.05) is 27.3 Å². The van der Waals surface area contributed by atoms with Gasteiger partial charge in [-0.1, -0.05) is 6.07 Å². The summed E-state index contributed by atoms with van der Waals surface area (Å²) in [4.78, 5) is 11.4. The second-order valence-corrected chi connectivity index (χ2v) is 6.55. The first-order chi connectivity index (χ1) is 9.82. The highest BCUT2D eigenvalue weighted by molar-refractivity contribution is 7.89. The van der Waals surface area contributed by atoms with Crippen LogP contribution in [-0.2, 0) is 19.6 Å². The Morgan fingerprint density at radius 1 is 1.33 bits per heavy atom. The molecule has 0 aliphatic heterocycles. The van der Waals surface area contributed by atoms with E-state index in [1.165, 1.54) is 14.2 Å². The molecule has 0 saturated heterocycles. The second kappa shape index (κ2) is 7.42. The maximum atomic E-state index is 12.5. The molecular formula is C14H21NO5S. The van der Waals surface area contributed by atoms with E-state index in [1.807, 2.05) is 0 Å². The minimum absolute atomic E-state index is 0.0116. The van der Waals surface area contributed by atoms with Gasteiger partial charge in [0.1, 0.15) is 10.6 Å². The maximum Gasteiger partial charge on any atom is 0.307 e. The molecule has 0 spiro atoms. The lowest BCUT2D eigenvalue weighted by atomic mass is 10.2. The lowest BCUT2D eigenvalue weighted by Gasteiger charge is -2.18. The zero-order valence-corrected chi connectivity index (χ0v) is 13.6. The number of methoxy groups -OCH3 is 1. The van der Waals surface area contributed by atoms with Crippen LogP contribution in [0.2, 0.25) is 0 Å². The SMILES string of the molecule is CCOC(=O)CCN(C)S(=O)(=O)c1cc(C)ccc1OC. The van der Waals surface area contributed by atoms with Crippen LogP contribution in [0.25, 0.3) is 0 Å². The number of aryl methyl sites for hydroxylation is 1. The number of esters is 1. The van der Waals surface area contributed by atoms with Crippen LogP contribution in [0.5, 0.6) is 5.75 Å². The molecule has 0 fully saturated rings. The van der Waals surface area contributed by atoms with E-state index in [2.05, 4.69) is 0 Å². The van der Waals surface area contributed by atoms with Gasteiger partial charge in [0.25, 0.3) is 0 Å². The van der Waals surface area contributed by atoms with Crippen LogP contribution in [0.15, 0.2) is 23.1 Å². The van der Waals surface area contributed by atoms with Gasteiger partial charge in [-0.2, -0.15) is 0 Å². The van der Waals surface area contributed by atoms with Gasteiger partial charge in [-0.15, -0.1) is 0 Å². The minimum Gasteiger partial charge on any atom is -0.495 e. The standard InChI is InChI=1S/C14H21NO5S/c1-5-20-14(16)8-9-15(3)21(17,18)13-10-11(2)6-7-12(13)19-4/h6-7,10H,5,8-9H2,1-4H3. The number of hydrogen-bond donors (Lipinski definition) is 0. The average molecular weight is 315 g/mol. The molecule has 7 heteroatoms. The molecule has 0 unspecified atom stereocenters. The summed E-state index contributed by atoms with van der Waals surface area (Å²) in [6.45, 7) is 3.84. The van der Waals surface area contributed by atoms with Gasteiger partial charge >= 0.3 is 5.97 Å². The molecule has 6 nitrogen and oxygen atoms in total. The molecule has 0 saturated carbocycles. The van der Waals surface area contributed by atoms with Gasteiger partial charge in [-0.25, -0.2) is 12.7 Å². The van der Waals surface area contributed by atoms with Crippen molar-refractivity contribution in [3.63, 3.8) is 0 Å². The highest BCUT2D eigenvalue weighted by atomic mass is 32.2. The molecule has 0 aliphatic rings. The molecule has 0 atom stereocenters. The first-order valence-corrected chi connectivity index (χ1v) is 8.03. The molecule has 0 heterocycles. The predicted molar refractivity (Wildman–Crippen MR) is 78.8 cm³/mol. The van der Waals surface area contributed by atoms with Crippen LogP contribution in [0, 0.1) is 6.92 Å². The summed E-state index contributed by atoms with van der Waals surface area (Å²) < 4.78 is 36.1. The van der Waals surface area contributed by atoms with E-state index in [9.17, 15) is 13.2 Å². The third-order valence-corrected chi connectivity index (χ3v) is 4.82. The van der Waals surface area contributed by atoms with E-state index >= 15 is 0 Å². The van der Waals surface area contributed by atoms with Crippen LogP contribution in [-0.4, -0.2) is 46.0 Å². The Balaban J connectivity index is 2.94. The van der Waals surface area contributed by atoms with Crippen molar-refractivity contribution in [1.82, 2.24) is 4.31 Å². The molecule has 0 N–H and O–H groups in total. The first kappa shape index (κ1) is 17.5. The Hall–Kier alpha value is -1.60. The molecule has 0 amide bonds. The van der Waals surface area contributed by atoms with E-state index in [-0.39, 0.29) is 30.2 Å². The summed E-state index contributed by atoms with van der Waals surface area (Å²) in [5, 5.41) is 0. The predicted octanol–water partition coefficient (Wildman–Crippen LogP) is 1.58. The van der Waals surface area contributed by atoms with Gasteiger partial charge < -0.3 is 9.47 Å². The van der Waals surface area contributed by atoms with E-state index in [4.69, 9.17) is 9.47 Å². The average Bonchev–Trinajstić information content (AvgIpc) is 2.44. The lowest BCUT2D eigenvalue weighted by Crippen LogP contribution is -2.30. The van der Waals surface area contributed by atoms with E-state index < -0.39 is 16.0 Å². The highest BCUT2D eigenvalue weighted by Gasteiger charge is 2.25. The third-order valence-electron chi connectivity index (χ3n) is 2.94. The second-order valence-electron chi connectivity index (χ2n) is 4.54. The smallest absolute Gasteiger partial charge is 0.307 e. The first-order valence-electron chi connectivity index (χ1n) is 6.59. The molecule has 1 aromatic rings. The normalized spacial score (nSPS) is 11.5. The van der Waals surface area contributed by atoms with Crippen molar-refractivity contribution in [1.29, 1.82) is 0 Å². The van der Waals surface area contributed by atoms with Gasteiger partial charge in [0.05, 0.1) is 20.1 Å². The van der Waals surface area contributed by atoms with Crippen molar-refractivity contribution in [2.24, 2.45) is 0 Å². The van der Waals surface area contributed by atoms with Crippen molar-refractivity contribution in [3.8, 4) is 5.75 Å². The van der Waals surface area contributed by atoms with Crippen molar-refractivity contribution in [2.45, 2.75) is 25.2 Å². The van der Waals surface area contributed by atoms with Gasteiger partial charge in [0.2, 0.25) is 10.0 Å². The number of rotatable bonds is 7. The summed E-state index contributed by atoms with van der Waals surface area (Å²) in [6.07, 6.45) is 0.0116. The monoisotopic (exact) mass is 315 g/mol. The van der Waals surface area contributed by atoms with E-state index in [0.29, 0.717) is 0 Å². The molecule has 21 heavy (non-hydrogen) atoms. The number of hydrogen-bond acceptors (Lipinski definition) is 5. The largest absolute Gasteiger partial charge is 0.495 e. The number of sulfonamides is 1. The summed E-state index contributed by atoms with van der Waals surface area (Å²) in [7, 11) is -0.868. The topological polar surface area (TPSA) is 72.9 Å². The van der Waals surface area contributed by atoms with Gasteiger partial charge in [0.15, 0.2) is 0 Å². The number of carbonyl (C=O) groups is 1. The Bertz CT molecular complexity index is 597. The van der Waals surface area contributed by atoms with Crippen LogP contribution in [0.3, 0.4) is 0 Å². The minimum atomic E-state index is -3.71. The summed E-state index contributed by atoms with van der Waals surface area (Å²) >= 11 is 0. The van der Waals surface area contributed by atoms with Crippen LogP contribution in [0.1, 0.15) is 18.9 Å². The van der Waals surface area contributed by atoms with E-state index in [0.717, 1.165) is 9.87 Å². The van der Waals surface area contributed by atoms with Gasteiger partial charge in [0, 0.05) is 13.6 Å². The third kappa shape index (κ3) is 4.44. The van der Waals surface area contributed by atoms with Crippen LogP contribution < -0.4 is 4.74 Å². The van der Waals surface area contributed by atoms with Gasteiger partial charge in [-0.3, -0.25) is 4.79 Å². The zero-order chi connectivity index (χ0) is 16.0. The van der Waals surface area contributed by atoms with Crippen molar-refractivity contribution >= 4 is 16.0 Å². The highest BCUT2D eigenvalue weighted by Crippen LogP contribution is 2.27. The molecule has 0 radical (unpaired) electrons. The fourth-order valence-corrected chi connectivity index (χ4v) is 3.16. The Labute approximate surface area is 125 Å². The van der Waals surface area contributed by atoms with Gasteiger partial charge in [-0.05, 0) is 31.5 Å². The molecule has 1 aromatic carbocycles.